The SMILES string of the molecule is CCOC(=O)c1ccccc1Nc1nccc(Nc2ccc(OC)cc2OC)n1. The number of carbonyl (C=O) groups excluding carboxylic acids is 1. The zero-order valence-corrected chi connectivity index (χ0v) is 16.4. The highest BCUT2D eigenvalue weighted by Gasteiger charge is 2.13. The molecule has 2 aromatic carbocycles. The zero-order valence-electron chi connectivity index (χ0n) is 16.4. The fourth-order valence-corrected chi connectivity index (χ4v) is 2.63. The molecular weight excluding hydrogens is 372 g/mol. The molecule has 0 radical (unpaired) electrons. The summed E-state index contributed by atoms with van der Waals surface area (Å²) in [6.07, 6.45) is 1.61. The number of benzene rings is 2. The molecule has 0 fully saturated rings. The Morgan fingerprint density at radius 3 is 2.59 bits per heavy atom. The molecule has 1 heterocycles. The predicted octanol–water partition coefficient (Wildman–Crippen LogP) is 4.16. The van der Waals surface area contributed by atoms with Gasteiger partial charge in [-0.2, -0.15) is 4.98 Å². The maximum Gasteiger partial charge on any atom is 0.340 e. The molecule has 0 atom stereocenters. The third kappa shape index (κ3) is 4.92. The molecule has 0 aliphatic carbocycles. The van der Waals surface area contributed by atoms with Gasteiger partial charge < -0.3 is 24.8 Å². The highest BCUT2D eigenvalue weighted by Crippen LogP contribution is 2.31. The molecule has 150 valence electrons. The Morgan fingerprint density at radius 2 is 1.83 bits per heavy atom. The Bertz CT molecular complexity index is 994. The number of carbonyl (C=O) groups is 1. The monoisotopic (exact) mass is 394 g/mol. The standard InChI is InChI=1S/C21H22N4O4/c1-4-29-20(26)15-7-5-6-8-16(15)24-21-22-12-11-19(25-21)23-17-10-9-14(27-2)13-18(17)28-3/h5-13H,4H2,1-3H3,(H2,22,23,24,25). The van der Waals surface area contributed by atoms with E-state index in [0.717, 1.165) is 5.69 Å². The van der Waals surface area contributed by atoms with Gasteiger partial charge in [-0.3, -0.25) is 0 Å². The van der Waals surface area contributed by atoms with Crippen molar-refractivity contribution in [2.45, 2.75) is 6.92 Å². The van der Waals surface area contributed by atoms with Crippen molar-refractivity contribution in [1.29, 1.82) is 0 Å². The summed E-state index contributed by atoms with van der Waals surface area (Å²) in [7, 11) is 3.18. The second kappa shape index (κ2) is 9.41. The summed E-state index contributed by atoms with van der Waals surface area (Å²) in [5, 5.41) is 6.27. The average Bonchev–Trinajstić information content (AvgIpc) is 2.75. The van der Waals surface area contributed by atoms with Crippen molar-refractivity contribution in [2.24, 2.45) is 0 Å². The summed E-state index contributed by atoms with van der Waals surface area (Å²) in [5.41, 5.74) is 1.70. The van der Waals surface area contributed by atoms with Gasteiger partial charge in [-0.1, -0.05) is 12.1 Å². The summed E-state index contributed by atoms with van der Waals surface area (Å²) < 4.78 is 15.7. The summed E-state index contributed by atoms with van der Waals surface area (Å²) in [6, 6.07) is 14.2. The molecular formula is C21H22N4O4. The van der Waals surface area contributed by atoms with Crippen molar-refractivity contribution in [3.8, 4) is 11.5 Å². The van der Waals surface area contributed by atoms with Crippen molar-refractivity contribution in [3.63, 3.8) is 0 Å². The second-order valence-corrected chi connectivity index (χ2v) is 5.85. The zero-order chi connectivity index (χ0) is 20.6. The van der Waals surface area contributed by atoms with E-state index in [9.17, 15) is 4.79 Å². The van der Waals surface area contributed by atoms with E-state index in [0.29, 0.717) is 41.1 Å². The first-order valence-electron chi connectivity index (χ1n) is 9.00. The lowest BCUT2D eigenvalue weighted by Crippen LogP contribution is -2.09. The van der Waals surface area contributed by atoms with Crippen LogP contribution in [-0.4, -0.2) is 36.8 Å². The number of rotatable bonds is 8. The van der Waals surface area contributed by atoms with Gasteiger partial charge in [0.2, 0.25) is 5.95 Å². The predicted molar refractivity (Wildman–Crippen MR) is 111 cm³/mol. The number of para-hydroxylation sites is 1. The molecule has 0 amide bonds. The van der Waals surface area contributed by atoms with Crippen molar-refractivity contribution >= 4 is 29.1 Å². The summed E-state index contributed by atoms with van der Waals surface area (Å²) in [4.78, 5) is 20.8. The van der Waals surface area contributed by atoms with Gasteiger partial charge in [0, 0.05) is 12.3 Å². The van der Waals surface area contributed by atoms with Crippen LogP contribution in [0.5, 0.6) is 11.5 Å². The van der Waals surface area contributed by atoms with Gasteiger partial charge in [-0.15, -0.1) is 0 Å². The van der Waals surface area contributed by atoms with Crippen LogP contribution < -0.4 is 20.1 Å². The van der Waals surface area contributed by atoms with Crippen LogP contribution in [0.1, 0.15) is 17.3 Å². The van der Waals surface area contributed by atoms with Crippen molar-refractivity contribution in [3.05, 3.63) is 60.3 Å². The van der Waals surface area contributed by atoms with Gasteiger partial charge in [0.05, 0.1) is 37.8 Å². The van der Waals surface area contributed by atoms with Crippen molar-refractivity contribution in [1.82, 2.24) is 9.97 Å². The number of hydrogen-bond donors (Lipinski definition) is 2. The molecule has 0 saturated heterocycles. The fourth-order valence-electron chi connectivity index (χ4n) is 2.63. The minimum absolute atomic E-state index is 0.298. The third-order valence-corrected chi connectivity index (χ3v) is 4.00. The van der Waals surface area contributed by atoms with Crippen LogP contribution >= 0.6 is 0 Å². The number of anilines is 4. The maximum absolute atomic E-state index is 12.1. The number of nitrogens with zero attached hydrogens (tertiary/aromatic N) is 2. The van der Waals surface area contributed by atoms with E-state index in [2.05, 4.69) is 20.6 Å². The molecule has 1 aromatic heterocycles. The number of aromatic nitrogens is 2. The van der Waals surface area contributed by atoms with Crippen LogP contribution in [0.15, 0.2) is 54.7 Å². The van der Waals surface area contributed by atoms with E-state index in [4.69, 9.17) is 14.2 Å². The number of nitrogens with one attached hydrogen (secondary N) is 2. The van der Waals surface area contributed by atoms with E-state index in [1.165, 1.54) is 0 Å². The van der Waals surface area contributed by atoms with Crippen LogP contribution in [0.3, 0.4) is 0 Å². The van der Waals surface area contributed by atoms with Crippen LogP contribution in [-0.2, 0) is 4.74 Å². The number of hydrogen-bond acceptors (Lipinski definition) is 8. The molecule has 8 heteroatoms. The van der Waals surface area contributed by atoms with Crippen LogP contribution in [0.25, 0.3) is 0 Å². The molecule has 0 saturated carbocycles. The van der Waals surface area contributed by atoms with Gasteiger partial charge >= 0.3 is 5.97 Å². The highest BCUT2D eigenvalue weighted by molar-refractivity contribution is 5.96. The van der Waals surface area contributed by atoms with E-state index < -0.39 is 5.97 Å². The molecule has 0 bridgehead atoms. The quantitative estimate of drug-likeness (QED) is 0.550. The molecule has 3 aromatic rings. The Kier molecular flexibility index (Phi) is 6.47. The molecule has 2 N–H and O–H groups in total. The smallest absolute Gasteiger partial charge is 0.340 e. The minimum Gasteiger partial charge on any atom is -0.497 e. The first-order valence-corrected chi connectivity index (χ1v) is 9.00. The van der Waals surface area contributed by atoms with Gasteiger partial charge in [-0.25, -0.2) is 9.78 Å². The molecule has 0 spiro atoms. The molecule has 0 aliphatic rings. The molecule has 0 unspecified atom stereocenters. The lowest BCUT2D eigenvalue weighted by molar-refractivity contribution is 0.0527. The molecule has 0 aliphatic heterocycles. The van der Waals surface area contributed by atoms with Crippen molar-refractivity contribution in [2.75, 3.05) is 31.5 Å². The van der Waals surface area contributed by atoms with E-state index >= 15 is 0 Å². The van der Waals surface area contributed by atoms with Crippen LogP contribution in [0.2, 0.25) is 0 Å². The Hall–Kier alpha value is -3.81. The number of ether oxygens (including phenoxy) is 3. The first kappa shape index (κ1) is 19.9. The van der Waals surface area contributed by atoms with Gasteiger partial charge in [-0.05, 0) is 37.3 Å². The topological polar surface area (TPSA) is 94.6 Å². The van der Waals surface area contributed by atoms with Gasteiger partial charge in [0.25, 0.3) is 0 Å². The summed E-state index contributed by atoms with van der Waals surface area (Å²) in [5.74, 6) is 1.78. The first-order chi connectivity index (χ1) is 14.1. The summed E-state index contributed by atoms with van der Waals surface area (Å²) >= 11 is 0. The van der Waals surface area contributed by atoms with Gasteiger partial charge in [0.1, 0.15) is 17.3 Å². The van der Waals surface area contributed by atoms with E-state index in [-0.39, 0.29) is 0 Å². The summed E-state index contributed by atoms with van der Waals surface area (Å²) in [6.45, 7) is 2.06. The second-order valence-electron chi connectivity index (χ2n) is 5.85. The van der Waals surface area contributed by atoms with E-state index in [1.54, 1.807) is 57.7 Å². The van der Waals surface area contributed by atoms with Crippen LogP contribution in [0, 0.1) is 0 Å². The molecule has 29 heavy (non-hydrogen) atoms. The Labute approximate surface area is 168 Å². The third-order valence-electron chi connectivity index (χ3n) is 4.00. The minimum atomic E-state index is -0.409. The highest BCUT2D eigenvalue weighted by atomic mass is 16.5. The number of methoxy groups -OCH3 is 2. The van der Waals surface area contributed by atoms with Gasteiger partial charge in [0.15, 0.2) is 0 Å². The normalized spacial score (nSPS) is 10.2. The average molecular weight is 394 g/mol. The molecule has 8 nitrogen and oxygen atoms in total. The van der Waals surface area contributed by atoms with Crippen molar-refractivity contribution < 1.29 is 19.0 Å². The maximum atomic E-state index is 12.1. The lowest BCUT2D eigenvalue weighted by atomic mass is 10.2. The van der Waals surface area contributed by atoms with E-state index in [1.807, 2.05) is 18.2 Å². The largest absolute Gasteiger partial charge is 0.497 e. The lowest BCUT2D eigenvalue weighted by Gasteiger charge is -2.13. The fraction of sp³-hybridized carbons (Fsp3) is 0.190. The number of esters is 1. The Balaban J connectivity index is 1.82. The van der Waals surface area contributed by atoms with Crippen LogP contribution in [0.4, 0.5) is 23.1 Å². The Morgan fingerprint density at radius 1 is 1.00 bits per heavy atom. The molecule has 3 rings (SSSR count).